The molecule has 2 aromatic heterocycles. The molecule has 0 spiro atoms. The Morgan fingerprint density at radius 2 is 1.68 bits per heavy atom. The van der Waals surface area contributed by atoms with Gasteiger partial charge in [0.25, 0.3) is 5.91 Å². The number of sulfonamides is 1. The highest BCUT2D eigenvalue weighted by Gasteiger charge is 2.29. The molecule has 0 saturated heterocycles. The summed E-state index contributed by atoms with van der Waals surface area (Å²) < 4.78 is 51.5. The summed E-state index contributed by atoms with van der Waals surface area (Å²) in [5.41, 5.74) is 6.57. The van der Waals surface area contributed by atoms with Gasteiger partial charge in [0.05, 0.1) is 43.4 Å². The molecule has 4 rings (SSSR count). The fraction of sp³-hybridized carbons (Fsp3) is 0.500. The maximum Gasteiger partial charge on any atom is 0.323 e. The van der Waals surface area contributed by atoms with Gasteiger partial charge in [0.2, 0.25) is 21.4 Å². The Labute approximate surface area is 362 Å². The van der Waals surface area contributed by atoms with Crippen LogP contribution >= 0.6 is 0 Å². The van der Waals surface area contributed by atoms with Crippen LogP contribution in [0.2, 0.25) is 0 Å². The van der Waals surface area contributed by atoms with Crippen LogP contribution in [0.5, 0.6) is 5.75 Å². The van der Waals surface area contributed by atoms with Crippen LogP contribution in [0.3, 0.4) is 0 Å². The second-order valence-corrected chi connectivity index (χ2v) is 15.9. The van der Waals surface area contributed by atoms with E-state index in [1.807, 2.05) is 13.0 Å². The first-order chi connectivity index (χ1) is 29.7. The number of H-pyrrole nitrogens is 1. The number of nitrogens with two attached hydrogens (primary N) is 1. The van der Waals surface area contributed by atoms with E-state index in [0.29, 0.717) is 87.2 Å². The zero-order chi connectivity index (χ0) is 45.5. The number of fused-ring (bicyclic) bond motifs is 1. The number of anilines is 1. The highest BCUT2D eigenvalue weighted by molar-refractivity contribution is 7.89. The van der Waals surface area contributed by atoms with Crippen molar-refractivity contribution in [3.63, 3.8) is 0 Å². The largest absolute Gasteiger partial charge is 0.494 e. The quantitative estimate of drug-likeness (QED) is 0.0425. The summed E-state index contributed by atoms with van der Waals surface area (Å²) >= 11 is 0. The summed E-state index contributed by atoms with van der Waals surface area (Å²) in [6, 6.07) is 6.47. The molecule has 62 heavy (non-hydrogen) atoms. The van der Waals surface area contributed by atoms with Crippen molar-refractivity contribution in [3.05, 3.63) is 81.4 Å². The minimum absolute atomic E-state index is 0.0597. The molecule has 0 unspecified atom stereocenters. The number of aromatic amines is 1. The summed E-state index contributed by atoms with van der Waals surface area (Å²) in [6.07, 6.45) is 8.24. The molecule has 19 nitrogen and oxygen atoms in total. The Hall–Kier alpha value is -5.38. The topological polar surface area (TPSA) is 267 Å². The summed E-state index contributed by atoms with van der Waals surface area (Å²) in [5, 5.41) is 18.5. The second kappa shape index (κ2) is 26.8. The van der Waals surface area contributed by atoms with Gasteiger partial charge in [-0.15, -0.1) is 0 Å². The third-order valence-electron chi connectivity index (χ3n) is 9.19. The number of hydrogen-bond acceptors (Lipinski definition) is 13. The van der Waals surface area contributed by atoms with Crippen molar-refractivity contribution in [1.29, 1.82) is 0 Å². The van der Waals surface area contributed by atoms with Crippen molar-refractivity contribution in [2.45, 2.75) is 70.4 Å². The second-order valence-electron chi connectivity index (χ2n) is 14.2. The normalized spacial score (nSPS) is 11.7. The monoisotopic (exact) mass is 886 g/mol. The first kappa shape index (κ1) is 51.0. The van der Waals surface area contributed by atoms with Crippen LogP contribution in [0, 0.1) is 13.8 Å². The van der Waals surface area contributed by atoms with Crippen LogP contribution < -0.4 is 36.6 Å². The third kappa shape index (κ3) is 16.8. The fourth-order valence-corrected chi connectivity index (χ4v) is 7.69. The number of unbranched alkanes of at least 4 members (excludes halogenated alkanes) is 1. The van der Waals surface area contributed by atoms with Crippen molar-refractivity contribution >= 4 is 44.7 Å². The van der Waals surface area contributed by atoms with Crippen LogP contribution in [0.15, 0.2) is 58.6 Å². The number of aromatic nitrogens is 3. The van der Waals surface area contributed by atoms with Gasteiger partial charge in [-0.3, -0.25) is 19.2 Å². The predicted octanol–water partition coefficient (Wildman–Crippen LogP) is 2.74. The van der Waals surface area contributed by atoms with Crippen molar-refractivity contribution in [1.82, 2.24) is 29.9 Å². The molecule has 0 radical (unpaired) electrons. The van der Waals surface area contributed by atoms with Crippen LogP contribution in [-0.4, -0.2) is 118 Å². The number of aryl methyl sites for hydroxylation is 3. The number of carboxylic acids is 1. The number of ether oxygens (including phenoxy) is 4. The van der Waals surface area contributed by atoms with Gasteiger partial charge in [-0.2, -0.15) is 4.72 Å². The smallest absolute Gasteiger partial charge is 0.323 e. The molecule has 0 aliphatic rings. The molecular weight excluding hydrogens is 825 g/mol. The highest BCUT2D eigenvalue weighted by atomic mass is 32.2. The molecular formula is C42H62N8O11S. The van der Waals surface area contributed by atoms with Gasteiger partial charge in [-0.1, -0.05) is 19.4 Å². The standard InChI is InChI=1S/C34H43N7O8S.C8H19NO3/c1-5-6-11-35-29(42)8-7-14-49-24-15-21(2)31(22(3)16-24)50(47,48)40-27(33(45)46)19-38-32(44)26-20-41(4)28-17-23(9-10-25(28)30(26)43)18-39-34-36-12-13-37-34;1-10-5-6-12-8-7-11-4-2-3-9/h9-10,12-13,15-17,20,27,40H,5-8,11,14,18-19H2,1-4H3,(H,35,42)(H,38,44)(H,45,46)(H2,36,37,39);2-9H2,1H3/t27-;/m0./s1. The zero-order valence-corrected chi connectivity index (χ0v) is 37.0. The number of rotatable bonds is 27. The van der Waals surface area contributed by atoms with Crippen molar-refractivity contribution in [2.75, 3.05) is 71.7 Å². The maximum atomic E-state index is 13.4. The van der Waals surface area contributed by atoms with Crippen molar-refractivity contribution < 1.29 is 46.9 Å². The Morgan fingerprint density at radius 3 is 2.32 bits per heavy atom. The number of carbonyl (C=O) groups is 3. The number of methoxy groups -OCH3 is 1. The lowest BCUT2D eigenvalue weighted by Crippen LogP contribution is -2.49. The van der Waals surface area contributed by atoms with Gasteiger partial charge in [-0.25, -0.2) is 13.4 Å². The first-order valence-electron chi connectivity index (χ1n) is 20.5. The zero-order valence-electron chi connectivity index (χ0n) is 36.2. The third-order valence-corrected chi connectivity index (χ3v) is 11.0. The number of imidazole rings is 1. The summed E-state index contributed by atoms with van der Waals surface area (Å²) in [5.74, 6) is -1.44. The lowest BCUT2D eigenvalue weighted by molar-refractivity contribution is -0.138. The molecule has 0 aliphatic carbocycles. The minimum atomic E-state index is -4.38. The molecule has 0 aliphatic heterocycles. The van der Waals surface area contributed by atoms with E-state index in [4.69, 9.17) is 24.7 Å². The van der Waals surface area contributed by atoms with Gasteiger partial charge in [0.1, 0.15) is 17.4 Å². The number of aliphatic carboxylic acids is 1. The maximum absolute atomic E-state index is 13.4. The summed E-state index contributed by atoms with van der Waals surface area (Å²) in [4.78, 5) is 57.3. The molecule has 0 fully saturated rings. The number of nitrogens with zero attached hydrogens (tertiary/aromatic N) is 2. The van der Waals surface area contributed by atoms with Crippen molar-refractivity contribution in [2.24, 2.45) is 12.8 Å². The average Bonchev–Trinajstić information content (AvgIpc) is 3.76. The van der Waals surface area contributed by atoms with Crippen LogP contribution in [0.1, 0.15) is 66.1 Å². The lowest BCUT2D eigenvalue weighted by atomic mass is 10.1. The van der Waals surface area contributed by atoms with Crippen LogP contribution in [-0.2, 0) is 47.4 Å². The van der Waals surface area contributed by atoms with Gasteiger partial charge in [0.15, 0.2) is 5.95 Å². The summed E-state index contributed by atoms with van der Waals surface area (Å²) in [7, 11) is -1.05. The number of pyridine rings is 1. The number of benzene rings is 2. The molecule has 4 aromatic rings. The van der Waals surface area contributed by atoms with Crippen LogP contribution in [0.25, 0.3) is 10.9 Å². The predicted molar refractivity (Wildman–Crippen MR) is 235 cm³/mol. The SMILES string of the molecule is CCCCNC(=O)CCCOc1cc(C)c(S(=O)(=O)N[C@@H](CNC(=O)c2cn(C)c3cc(CNc4ncc[nH]4)ccc3c2=O)C(=O)O)c(C)c1.COCCOCCOCCCN. The van der Waals surface area contributed by atoms with E-state index >= 15 is 0 Å². The van der Waals surface area contributed by atoms with Crippen LogP contribution in [0.4, 0.5) is 5.95 Å². The van der Waals surface area contributed by atoms with E-state index in [1.165, 1.54) is 18.3 Å². The number of carbonyl (C=O) groups excluding carboxylic acids is 2. The van der Waals surface area contributed by atoms with E-state index in [9.17, 15) is 32.7 Å². The molecule has 20 heteroatoms. The molecule has 0 bridgehead atoms. The van der Waals surface area contributed by atoms with E-state index in [2.05, 4.69) is 30.6 Å². The lowest BCUT2D eigenvalue weighted by Gasteiger charge is -2.19. The fourth-order valence-electron chi connectivity index (χ4n) is 6.05. The van der Waals surface area contributed by atoms with E-state index in [1.54, 1.807) is 57.1 Å². The Balaban J connectivity index is 0.000000742. The number of carboxylic acid groups (broad SMARTS) is 1. The Morgan fingerprint density at radius 1 is 0.968 bits per heavy atom. The molecule has 2 heterocycles. The summed E-state index contributed by atoms with van der Waals surface area (Å²) in [6.45, 7) is 9.80. The molecule has 0 saturated carbocycles. The van der Waals surface area contributed by atoms with E-state index in [0.717, 1.165) is 31.4 Å². The molecule has 2 aromatic carbocycles. The Kier molecular flexibility index (Phi) is 22.1. The molecule has 1 atom stereocenters. The minimum Gasteiger partial charge on any atom is -0.494 e. The van der Waals surface area contributed by atoms with Crippen molar-refractivity contribution in [3.8, 4) is 5.75 Å². The highest BCUT2D eigenvalue weighted by Crippen LogP contribution is 2.26. The van der Waals surface area contributed by atoms with Gasteiger partial charge >= 0.3 is 5.97 Å². The number of amides is 2. The number of nitrogens with one attached hydrogen (secondary N) is 5. The Bertz CT molecular complexity index is 2170. The van der Waals surface area contributed by atoms with E-state index < -0.39 is 39.9 Å². The molecule has 342 valence electrons. The number of hydrogen-bond donors (Lipinski definition) is 7. The van der Waals surface area contributed by atoms with E-state index in [-0.39, 0.29) is 28.4 Å². The first-order valence-corrected chi connectivity index (χ1v) is 21.9. The average molecular weight is 887 g/mol. The van der Waals surface area contributed by atoms with Gasteiger partial charge in [0, 0.05) is 70.8 Å². The molecule has 2 amide bonds. The van der Waals surface area contributed by atoms with Gasteiger partial charge in [-0.05, 0) is 80.6 Å². The molecule has 8 N–H and O–H groups in total. The van der Waals surface area contributed by atoms with Gasteiger partial charge < -0.3 is 55.3 Å².